The van der Waals surface area contributed by atoms with Crippen molar-refractivity contribution in [1.29, 1.82) is 0 Å². The van der Waals surface area contributed by atoms with Crippen LogP contribution in [0, 0.1) is 5.82 Å². The van der Waals surface area contributed by atoms with E-state index in [1.165, 1.54) is 18.2 Å². The molecule has 18 heavy (non-hydrogen) atoms. The average molecular weight is 266 g/mol. The van der Waals surface area contributed by atoms with Crippen LogP contribution in [-0.2, 0) is 0 Å². The number of aromatic nitrogens is 1. The Balaban J connectivity index is 2.21. The van der Waals surface area contributed by atoms with Gasteiger partial charge < -0.3 is 11.1 Å². The Morgan fingerprint density at radius 1 is 1.33 bits per heavy atom. The Morgan fingerprint density at radius 3 is 2.78 bits per heavy atom. The van der Waals surface area contributed by atoms with Crippen molar-refractivity contribution < 1.29 is 9.18 Å². The van der Waals surface area contributed by atoms with Crippen LogP contribution in [0.15, 0.2) is 36.4 Å². The molecular formula is C12H9ClFN3O. The second kappa shape index (κ2) is 5.01. The number of nitrogens with one attached hydrogen (secondary N) is 1. The summed E-state index contributed by atoms with van der Waals surface area (Å²) < 4.78 is 13.5. The third-order valence-electron chi connectivity index (χ3n) is 2.18. The third kappa shape index (κ3) is 2.75. The van der Waals surface area contributed by atoms with Gasteiger partial charge in [-0.2, -0.15) is 0 Å². The van der Waals surface area contributed by atoms with Gasteiger partial charge in [0.2, 0.25) is 0 Å². The van der Waals surface area contributed by atoms with E-state index in [9.17, 15) is 9.18 Å². The molecule has 0 aliphatic carbocycles. The van der Waals surface area contributed by atoms with Crippen molar-refractivity contribution in [3.8, 4) is 0 Å². The van der Waals surface area contributed by atoms with Gasteiger partial charge in [-0.05, 0) is 30.3 Å². The van der Waals surface area contributed by atoms with Gasteiger partial charge in [-0.25, -0.2) is 9.37 Å². The normalized spacial score (nSPS) is 10.1. The monoisotopic (exact) mass is 265 g/mol. The molecule has 0 atom stereocenters. The van der Waals surface area contributed by atoms with Crippen molar-refractivity contribution in [3.05, 3.63) is 52.9 Å². The predicted molar refractivity (Wildman–Crippen MR) is 68.0 cm³/mol. The van der Waals surface area contributed by atoms with Gasteiger partial charge in [0.15, 0.2) is 0 Å². The van der Waals surface area contributed by atoms with E-state index in [0.717, 1.165) is 6.07 Å². The van der Waals surface area contributed by atoms with Crippen LogP contribution in [0.4, 0.5) is 15.9 Å². The second-order valence-corrected chi connectivity index (χ2v) is 3.96. The molecule has 0 aliphatic heterocycles. The minimum atomic E-state index is -0.611. The van der Waals surface area contributed by atoms with Crippen molar-refractivity contribution in [2.45, 2.75) is 0 Å². The number of carbonyl (C=O) groups is 1. The first kappa shape index (κ1) is 12.3. The number of nitrogen functional groups attached to an aromatic ring is 1. The van der Waals surface area contributed by atoms with Gasteiger partial charge in [0, 0.05) is 5.02 Å². The van der Waals surface area contributed by atoms with Crippen molar-refractivity contribution in [2.75, 3.05) is 11.1 Å². The first-order valence-corrected chi connectivity index (χ1v) is 5.43. The maximum absolute atomic E-state index is 13.5. The molecule has 0 aliphatic rings. The number of rotatable bonds is 2. The van der Waals surface area contributed by atoms with Gasteiger partial charge in [0.1, 0.15) is 17.3 Å². The first-order valence-electron chi connectivity index (χ1n) is 5.05. The number of amides is 1. The molecule has 2 aromatic rings. The largest absolute Gasteiger partial charge is 0.384 e. The second-order valence-electron chi connectivity index (χ2n) is 3.53. The zero-order chi connectivity index (χ0) is 13.1. The summed E-state index contributed by atoms with van der Waals surface area (Å²) in [5.41, 5.74) is 5.61. The Morgan fingerprint density at radius 2 is 2.11 bits per heavy atom. The maximum Gasteiger partial charge on any atom is 0.274 e. The van der Waals surface area contributed by atoms with Crippen LogP contribution < -0.4 is 11.1 Å². The van der Waals surface area contributed by atoms with Gasteiger partial charge in [-0.15, -0.1) is 0 Å². The summed E-state index contributed by atoms with van der Waals surface area (Å²) >= 11 is 5.61. The molecule has 0 saturated carbocycles. The number of anilines is 2. The minimum absolute atomic E-state index is 0.0358. The van der Waals surface area contributed by atoms with E-state index in [4.69, 9.17) is 17.3 Å². The molecule has 1 aromatic heterocycles. The molecule has 4 nitrogen and oxygen atoms in total. The number of carbonyl (C=O) groups excluding carboxylic acids is 1. The van der Waals surface area contributed by atoms with E-state index in [0.29, 0.717) is 0 Å². The zero-order valence-electron chi connectivity index (χ0n) is 9.15. The van der Waals surface area contributed by atoms with E-state index in [2.05, 4.69) is 10.3 Å². The number of halogens is 2. The molecule has 3 N–H and O–H groups in total. The molecule has 0 saturated heterocycles. The van der Waals surface area contributed by atoms with Crippen molar-refractivity contribution in [2.24, 2.45) is 0 Å². The number of nitrogens with two attached hydrogens (primary N) is 1. The fourth-order valence-corrected chi connectivity index (χ4v) is 1.51. The lowest BCUT2D eigenvalue weighted by atomic mass is 10.2. The summed E-state index contributed by atoms with van der Waals surface area (Å²) in [5, 5.41) is 2.65. The molecule has 1 heterocycles. The fraction of sp³-hybridized carbons (Fsp3) is 0. The molecule has 1 aromatic carbocycles. The SMILES string of the molecule is Nc1cccc(C(=O)Nc2ccc(Cl)cc2F)n1. The molecule has 0 spiro atoms. The molecule has 2 rings (SSSR count). The summed E-state index contributed by atoms with van der Waals surface area (Å²) in [5.74, 6) is -0.928. The molecule has 0 unspecified atom stereocenters. The van der Waals surface area contributed by atoms with E-state index < -0.39 is 11.7 Å². The van der Waals surface area contributed by atoms with Crippen LogP contribution in [0.2, 0.25) is 5.02 Å². The lowest BCUT2D eigenvalue weighted by molar-refractivity contribution is 0.102. The molecule has 0 bridgehead atoms. The van der Waals surface area contributed by atoms with E-state index >= 15 is 0 Å². The van der Waals surface area contributed by atoms with Crippen LogP contribution in [0.25, 0.3) is 0 Å². The Labute approximate surface area is 108 Å². The highest BCUT2D eigenvalue weighted by Crippen LogP contribution is 2.19. The van der Waals surface area contributed by atoms with Gasteiger partial charge >= 0.3 is 0 Å². The minimum Gasteiger partial charge on any atom is -0.384 e. The summed E-state index contributed by atoms with van der Waals surface area (Å²) in [4.78, 5) is 15.6. The molecular weight excluding hydrogens is 257 g/mol. The lowest BCUT2D eigenvalue weighted by Gasteiger charge is -2.06. The lowest BCUT2D eigenvalue weighted by Crippen LogP contribution is -2.15. The maximum atomic E-state index is 13.5. The van der Waals surface area contributed by atoms with Crippen molar-refractivity contribution in [1.82, 2.24) is 4.98 Å². The van der Waals surface area contributed by atoms with Gasteiger partial charge in [-0.1, -0.05) is 17.7 Å². The van der Waals surface area contributed by atoms with Gasteiger partial charge in [-0.3, -0.25) is 4.79 Å². The van der Waals surface area contributed by atoms with E-state index in [1.54, 1.807) is 12.1 Å². The molecule has 0 fully saturated rings. The number of pyridine rings is 1. The number of nitrogens with zero attached hydrogens (tertiary/aromatic N) is 1. The molecule has 1 amide bonds. The average Bonchev–Trinajstić information content (AvgIpc) is 2.32. The predicted octanol–water partition coefficient (Wildman–Crippen LogP) is 2.71. The van der Waals surface area contributed by atoms with Gasteiger partial charge in [0.25, 0.3) is 5.91 Å². The van der Waals surface area contributed by atoms with Gasteiger partial charge in [0.05, 0.1) is 5.69 Å². The summed E-state index contributed by atoms with van der Waals surface area (Å²) in [6.45, 7) is 0. The summed E-state index contributed by atoms with van der Waals surface area (Å²) in [6.07, 6.45) is 0. The van der Waals surface area contributed by atoms with Crippen molar-refractivity contribution >= 4 is 29.0 Å². The number of benzene rings is 1. The Hall–Kier alpha value is -2.14. The van der Waals surface area contributed by atoms with Crippen LogP contribution >= 0.6 is 11.6 Å². The molecule has 6 heteroatoms. The first-order chi connectivity index (χ1) is 8.56. The van der Waals surface area contributed by atoms with Crippen LogP contribution in [-0.4, -0.2) is 10.9 Å². The number of hydrogen-bond donors (Lipinski definition) is 2. The number of hydrogen-bond acceptors (Lipinski definition) is 3. The van der Waals surface area contributed by atoms with E-state index in [-0.39, 0.29) is 22.2 Å². The zero-order valence-corrected chi connectivity index (χ0v) is 9.91. The van der Waals surface area contributed by atoms with Crippen LogP contribution in [0.1, 0.15) is 10.5 Å². The van der Waals surface area contributed by atoms with E-state index in [1.807, 2.05) is 0 Å². The highest BCUT2D eigenvalue weighted by Gasteiger charge is 2.10. The Kier molecular flexibility index (Phi) is 3.43. The topological polar surface area (TPSA) is 68.0 Å². The van der Waals surface area contributed by atoms with Crippen LogP contribution in [0.3, 0.4) is 0 Å². The standard InChI is InChI=1S/C12H9ClFN3O/c13-7-4-5-9(8(14)6-7)17-12(18)10-2-1-3-11(15)16-10/h1-6H,(H2,15,16)(H,17,18). The van der Waals surface area contributed by atoms with Crippen LogP contribution in [0.5, 0.6) is 0 Å². The Bertz CT molecular complexity index is 604. The van der Waals surface area contributed by atoms with Crippen molar-refractivity contribution in [3.63, 3.8) is 0 Å². The smallest absolute Gasteiger partial charge is 0.274 e. The highest BCUT2D eigenvalue weighted by molar-refractivity contribution is 6.30. The summed E-state index contributed by atoms with van der Waals surface area (Å²) in [7, 11) is 0. The third-order valence-corrected chi connectivity index (χ3v) is 2.42. The quantitative estimate of drug-likeness (QED) is 0.877. The summed E-state index contributed by atoms with van der Waals surface area (Å²) in [6, 6.07) is 8.60. The fourth-order valence-electron chi connectivity index (χ4n) is 1.36. The molecule has 0 radical (unpaired) electrons. The highest BCUT2D eigenvalue weighted by atomic mass is 35.5. The molecule has 92 valence electrons.